The highest BCUT2D eigenvalue weighted by Gasteiger charge is 2.30. The van der Waals surface area contributed by atoms with Gasteiger partial charge < -0.3 is 15.8 Å². The van der Waals surface area contributed by atoms with Crippen LogP contribution in [0.2, 0.25) is 5.02 Å². The van der Waals surface area contributed by atoms with E-state index in [9.17, 15) is 22.8 Å². The van der Waals surface area contributed by atoms with Crippen molar-refractivity contribution in [3.63, 3.8) is 0 Å². The molecule has 2 aromatic carbocycles. The van der Waals surface area contributed by atoms with Crippen molar-refractivity contribution in [1.29, 1.82) is 0 Å². The molecule has 0 aliphatic carbocycles. The summed E-state index contributed by atoms with van der Waals surface area (Å²) in [5.41, 5.74) is 5.07. The van der Waals surface area contributed by atoms with E-state index in [0.29, 0.717) is 10.6 Å². The summed E-state index contributed by atoms with van der Waals surface area (Å²) in [5.74, 6) is -0.707. The molecule has 5 nitrogen and oxygen atoms in total. The van der Waals surface area contributed by atoms with Crippen LogP contribution in [0.4, 0.5) is 18.0 Å². The molecule has 9 heteroatoms. The molecule has 0 aromatic heterocycles. The van der Waals surface area contributed by atoms with Gasteiger partial charge in [0.15, 0.2) is 0 Å². The first-order valence-electron chi connectivity index (χ1n) is 7.78. The van der Waals surface area contributed by atoms with Crippen LogP contribution in [0.25, 0.3) is 0 Å². The zero-order chi connectivity index (χ0) is 20.0. The molecule has 0 spiro atoms. The van der Waals surface area contributed by atoms with Crippen molar-refractivity contribution in [1.82, 2.24) is 5.32 Å². The Hall–Kier alpha value is -2.74. The Bertz CT molecular complexity index is 810. The number of carbonyl (C=O) groups is 2. The van der Waals surface area contributed by atoms with Gasteiger partial charge in [-0.2, -0.15) is 13.2 Å². The van der Waals surface area contributed by atoms with Gasteiger partial charge in [0.05, 0.1) is 18.0 Å². The number of esters is 1. The number of rotatable bonds is 6. The number of primary amides is 1. The average Bonchev–Trinajstić information content (AvgIpc) is 2.59. The summed E-state index contributed by atoms with van der Waals surface area (Å²) >= 11 is 5.81. The van der Waals surface area contributed by atoms with Crippen LogP contribution in [-0.4, -0.2) is 12.0 Å². The number of alkyl halides is 3. The molecule has 0 bridgehead atoms. The largest absolute Gasteiger partial charge is 0.461 e. The van der Waals surface area contributed by atoms with E-state index in [1.807, 2.05) is 0 Å². The highest BCUT2D eigenvalue weighted by atomic mass is 35.5. The van der Waals surface area contributed by atoms with Crippen molar-refractivity contribution in [2.24, 2.45) is 5.73 Å². The summed E-state index contributed by atoms with van der Waals surface area (Å²) in [5, 5.41) is 2.90. The fraction of sp³-hybridized carbons (Fsp3) is 0.222. The molecule has 0 fully saturated rings. The number of amides is 2. The van der Waals surface area contributed by atoms with E-state index < -0.39 is 29.8 Å². The van der Waals surface area contributed by atoms with Gasteiger partial charge in [0.25, 0.3) is 0 Å². The minimum Gasteiger partial charge on any atom is -0.461 e. The molecule has 0 saturated carbocycles. The second-order valence-electron chi connectivity index (χ2n) is 5.68. The van der Waals surface area contributed by atoms with Gasteiger partial charge in [-0.05, 0) is 35.4 Å². The van der Waals surface area contributed by atoms with Crippen LogP contribution in [0.1, 0.15) is 29.2 Å². The first kappa shape index (κ1) is 20.6. The van der Waals surface area contributed by atoms with Gasteiger partial charge in [0, 0.05) is 5.02 Å². The normalized spacial score (nSPS) is 12.3. The molecule has 1 atom stereocenters. The Morgan fingerprint density at radius 3 is 2.41 bits per heavy atom. The molecule has 3 N–H and O–H groups in total. The Morgan fingerprint density at radius 2 is 1.81 bits per heavy atom. The summed E-state index contributed by atoms with van der Waals surface area (Å²) in [6.07, 6.45) is -4.73. The lowest BCUT2D eigenvalue weighted by Crippen LogP contribution is -2.34. The molecular weight excluding hydrogens is 385 g/mol. The number of hydrogen-bond acceptors (Lipinski definition) is 3. The third kappa shape index (κ3) is 6.49. The molecule has 0 aliphatic heterocycles. The number of hydrogen-bond donors (Lipinski definition) is 2. The van der Waals surface area contributed by atoms with Gasteiger partial charge >= 0.3 is 18.2 Å². The lowest BCUT2D eigenvalue weighted by Gasteiger charge is -2.17. The highest BCUT2D eigenvalue weighted by Crippen LogP contribution is 2.29. The first-order chi connectivity index (χ1) is 12.6. The molecule has 0 saturated heterocycles. The second-order valence-corrected chi connectivity index (χ2v) is 6.11. The first-order valence-corrected chi connectivity index (χ1v) is 8.16. The van der Waals surface area contributed by atoms with Crippen LogP contribution in [-0.2, 0) is 22.3 Å². The number of halogens is 4. The summed E-state index contributed by atoms with van der Waals surface area (Å²) in [4.78, 5) is 23.2. The van der Waals surface area contributed by atoms with Gasteiger partial charge in [0.1, 0.15) is 6.61 Å². The third-order valence-electron chi connectivity index (χ3n) is 3.61. The van der Waals surface area contributed by atoms with Crippen LogP contribution in [0.5, 0.6) is 0 Å². The van der Waals surface area contributed by atoms with Crippen molar-refractivity contribution in [2.75, 3.05) is 0 Å². The second kappa shape index (κ2) is 8.77. The minimum atomic E-state index is -4.48. The van der Waals surface area contributed by atoms with E-state index in [1.165, 1.54) is 12.1 Å². The minimum absolute atomic E-state index is 0.198. The zero-order valence-corrected chi connectivity index (χ0v) is 14.7. The Balaban J connectivity index is 2.01. The molecule has 0 heterocycles. The maximum atomic E-state index is 12.7. The summed E-state index contributed by atoms with van der Waals surface area (Å²) in [6, 6.07) is 9.30. The Labute approximate surface area is 158 Å². The SMILES string of the molecule is NC(=O)NC(CC(=O)OCc1cccc(C(F)(F)F)c1)c1ccc(Cl)cc1. The quantitative estimate of drug-likeness (QED) is 0.713. The van der Waals surface area contributed by atoms with E-state index in [-0.39, 0.29) is 18.6 Å². The Morgan fingerprint density at radius 1 is 1.15 bits per heavy atom. The van der Waals surface area contributed by atoms with E-state index in [0.717, 1.165) is 12.1 Å². The van der Waals surface area contributed by atoms with Gasteiger partial charge in [0.2, 0.25) is 0 Å². The number of urea groups is 1. The molecule has 2 aromatic rings. The number of nitrogens with one attached hydrogen (secondary N) is 1. The van der Waals surface area contributed by atoms with Crippen LogP contribution in [0, 0.1) is 0 Å². The molecule has 2 amide bonds. The fourth-order valence-electron chi connectivity index (χ4n) is 2.35. The summed E-state index contributed by atoms with van der Waals surface area (Å²) < 4.78 is 43.1. The van der Waals surface area contributed by atoms with Crippen LogP contribution < -0.4 is 11.1 Å². The Kier molecular flexibility index (Phi) is 6.68. The highest BCUT2D eigenvalue weighted by molar-refractivity contribution is 6.30. The lowest BCUT2D eigenvalue weighted by molar-refractivity contribution is -0.145. The monoisotopic (exact) mass is 400 g/mol. The molecule has 144 valence electrons. The smallest absolute Gasteiger partial charge is 0.416 e. The molecule has 1 unspecified atom stereocenters. The van der Waals surface area contributed by atoms with Crippen molar-refractivity contribution < 1.29 is 27.5 Å². The maximum absolute atomic E-state index is 12.7. The fourth-order valence-corrected chi connectivity index (χ4v) is 2.47. The number of carbonyl (C=O) groups excluding carboxylic acids is 2. The maximum Gasteiger partial charge on any atom is 0.416 e. The van der Waals surface area contributed by atoms with Crippen molar-refractivity contribution in [2.45, 2.75) is 25.2 Å². The standard InChI is InChI=1S/C18H16ClF3N2O3/c19-14-6-4-12(5-7-14)15(24-17(23)26)9-16(25)27-10-11-2-1-3-13(8-11)18(20,21)22/h1-8,15H,9-10H2,(H3,23,24,26). The van der Waals surface area contributed by atoms with Crippen LogP contribution in [0.15, 0.2) is 48.5 Å². The third-order valence-corrected chi connectivity index (χ3v) is 3.87. The van der Waals surface area contributed by atoms with E-state index in [1.54, 1.807) is 24.3 Å². The molecule has 0 aliphatic rings. The van der Waals surface area contributed by atoms with Crippen molar-refractivity contribution in [3.8, 4) is 0 Å². The topological polar surface area (TPSA) is 81.4 Å². The van der Waals surface area contributed by atoms with Crippen LogP contribution in [0.3, 0.4) is 0 Å². The summed E-state index contributed by atoms with van der Waals surface area (Å²) in [6.45, 7) is -0.327. The van der Waals surface area contributed by atoms with E-state index in [2.05, 4.69) is 5.32 Å². The van der Waals surface area contributed by atoms with Gasteiger partial charge in [-0.3, -0.25) is 4.79 Å². The van der Waals surface area contributed by atoms with Gasteiger partial charge in [-0.25, -0.2) is 4.79 Å². The molecule has 27 heavy (non-hydrogen) atoms. The molecular formula is C18H16ClF3N2O3. The average molecular weight is 401 g/mol. The van der Waals surface area contributed by atoms with Gasteiger partial charge in [-0.15, -0.1) is 0 Å². The number of ether oxygens (including phenoxy) is 1. The molecule has 0 radical (unpaired) electrons. The lowest BCUT2D eigenvalue weighted by atomic mass is 10.0. The predicted octanol–water partition coefficient (Wildman–Crippen LogP) is 4.20. The molecule has 2 rings (SSSR count). The zero-order valence-electron chi connectivity index (χ0n) is 13.9. The van der Waals surface area contributed by atoms with E-state index in [4.69, 9.17) is 22.1 Å². The van der Waals surface area contributed by atoms with Crippen molar-refractivity contribution in [3.05, 3.63) is 70.2 Å². The number of nitrogens with two attached hydrogens (primary N) is 1. The number of benzene rings is 2. The predicted molar refractivity (Wildman–Crippen MR) is 92.8 cm³/mol. The summed E-state index contributed by atoms with van der Waals surface area (Å²) in [7, 11) is 0. The van der Waals surface area contributed by atoms with Crippen molar-refractivity contribution >= 4 is 23.6 Å². The van der Waals surface area contributed by atoms with Crippen LogP contribution >= 0.6 is 11.6 Å². The van der Waals surface area contributed by atoms with Gasteiger partial charge in [-0.1, -0.05) is 35.9 Å². The van der Waals surface area contributed by atoms with E-state index >= 15 is 0 Å².